The average molecular weight is 480 g/mol. The zero-order valence-corrected chi connectivity index (χ0v) is 20.6. The fraction of sp³-hybridized carbons (Fsp3) is 0.444. The van der Waals surface area contributed by atoms with Gasteiger partial charge in [-0.25, -0.2) is 5.01 Å². The number of carbonyl (C=O) groups excluding carboxylic acids is 2. The number of likely N-dealkylation sites (tertiary alicyclic amines) is 1. The lowest BCUT2D eigenvalue weighted by molar-refractivity contribution is -0.150. The van der Waals surface area contributed by atoms with Gasteiger partial charge in [0.1, 0.15) is 11.5 Å². The number of carbonyl (C=O) groups is 2. The van der Waals surface area contributed by atoms with Crippen molar-refractivity contribution in [3.05, 3.63) is 59.7 Å². The molecule has 2 heterocycles. The molecular formula is C27H33N3O5. The number of benzene rings is 2. The van der Waals surface area contributed by atoms with Crippen molar-refractivity contribution in [2.45, 2.75) is 32.2 Å². The van der Waals surface area contributed by atoms with Gasteiger partial charge in [0.05, 0.1) is 45.0 Å². The summed E-state index contributed by atoms with van der Waals surface area (Å²) in [5.74, 6) is 0.968. The molecule has 2 unspecified atom stereocenters. The third-order valence-electron chi connectivity index (χ3n) is 6.55. The Morgan fingerprint density at radius 2 is 1.91 bits per heavy atom. The van der Waals surface area contributed by atoms with E-state index in [1.807, 2.05) is 60.4 Å². The van der Waals surface area contributed by atoms with Gasteiger partial charge in [0.2, 0.25) is 0 Å². The quantitative estimate of drug-likeness (QED) is 0.538. The topological polar surface area (TPSA) is 80.7 Å². The summed E-state index contributed by atoms with van der Waals surface area (Å²) >= 11 is 0. The molecule has 4 rings (SSSR count). The molecule has 35 heavy (non-hydrogen) atoms. The Hall–Kier alpha value is -3.39. The van der Waals surface area contributed by atoms with E-state index in [1.54, 1.807) is 19.2 Å². The summed E-state index contributed by atoms with van der Waals surface area (Å²) in [6, 6.07) is 15.2. The molecule has 8 heteroatoms. The normalized spacial score (nSPS) is 20.3. The fourth-order valence-electron chi connectivity index (χ4n) is 4.82. The Morgan fingerprint density at radius 1 is 1.09 bits per heavy atom. The Morgan fingerprint density at radius 3 is 2.69 bits per heavy atom. The van der Waals surface area contributed by atoms with E-state index in [2.05, 4.69) is 0 Å². The molecule has 2 aliphatic rings. The van der Waals surface area contributed by atoms with Crippen molar-refractivity contribution in [2.24, 2.45) is 11.0 Å². The molecule has 0 N–H and O–H groups in total. The van der Waals surface area contributed by atoms with Crippen molar-refractivity contribution in [2.75, 3.05) is 40.5 Å². The minimum absolute atomic E-state index is 0.108. The lowest BCUT2D eigenvalue weighted by Crippen LogP contribution is -2.44. The Kier molecular flexibility index (Phi) is 8.02. The third kappa shape index (κ3) is 5.65. The molecule has 0 bridgehead atoms. The van der Waals surface area contributed by atoms with E-state index in [1.165, 1.54) is 0 Å². The van der Waals surface area contributed by atoms with Crippen LogP contribution >= 0.6 is 0 Å². The molecule has 1 amide bonds. The van der Waals surface area contributed by atoms with E-state index in [4.69, 9.17) is 19.3 Å². The van der Waals surface area contributed by atoms with Crippen LogP contribution in [0.4, 0.5) is 0 Å². The van der Waals surface area contributed by atoms with Crippen LogP contribution in [0.2, 0.25) is 0 Å². The van der Waals surface area contributed by atoms with Crippen molar-refractivity contribution >= 4 is 17.6 Å². The van der Waals surface area contributed by atoms with E-state index in [0.29, 0.717) is 19.6 Å². The maximum atomic E-state index is 13.6. The van der Waals surface area contributed by atoms with Gasteiger partial charge in [-0.1, -0.05) is 30.3 Å². The van der Waals surface area contributed by atoms with Crippen LogP contribution in [0.15, 0.2) is 53.6 Å². The number of ether oxygens (including phenoxy) is 3. The Bertz CT molecular complexity index is 1090. The van der Waals surface area contributed by atoms with Crippen LogP contribution in [0.3, 0.4) is 0 Å². The predicted octanol–water partition coefficient (Wildman–Crippen LogP) is 3.66. The number of para-hydroxylation sites is 1. The SMILES string of the molecule is CCOC(=O)C1CCCN(CC(=O)N2N=C(c3cccc(OC)c3)CC2c2ccccc2OC)C1. The summed E-state index contributed by atoms with van der Waals surface area (Å²) in [7, 11) is 3.26. The molecule has 2 aromatic carbocycles. The van der Waals surface area contributed by atoms with Gasteiger partial charge in [0, 0.05) is 24.1 Å². The second-order valence-corrected chi connectivity index (χ2v) is 8.81. The first-order chi connectivity index (χ1) is 17.0. The van der Waals surface area contributed by atoms with Gasteiger partial charge < -0.3 is 14.2 Å². The van der Waals surface area contributed by atoms with Gasteiger partial charge in [-0.3, -0.25) is 14.5 Å². The van der Waals surface area contributed by atoms with Gasteiger partial charge >= 0.3 is 5.97 Å². The van der Waals surface area contributed by atoms with Crippen LogP contribution < -0.4 is 9.47 Å². The molecular weight excluding hydrogens is 446 g/mol. The van der Waals surface area contributed by atoms with Crippen molar-refractivity contribution in [3.8, 4) is 11.5 Å². The molecule has 2 atom stereocenters. The number of methoxy groups -OCH3 is 2. The molecule has 0 saturated carbocycles. The number of amides is 1. The summed E-state index contributed by atoms with van der Waals surface area (Å²) in [6.45, 7) is 3.65. The highest BCUT2D eigenvalue weighted by molar-refractivity contribution is 6.03. The summed E-state index contributed by atoms with van der Waals surface area (Å²) in [5.41, 5.74) is 2.64. The van der Waals surface area contributed by atoms with Crippen molar-refractivity contribution < 1.29 is 23.8 Å². The number of rotatable bonds is 8. The number of esters is 1. The maximum Gasteiger partial charge on any atom is 0.310 e. The number of piperidine rings is 1. The molecule has 2 aliphatic heterocycles. The van der Waals surface area contributed by atoms with Crippen molar-refractivity contribution in [1.82, 2.24) is 9.91 Å². The van der Waals surface area contributed by atoms with Crippen LogP contribution in [0.5, 0.6) is 11.5 Å². The highest BCUT2D eigenvalue weighted by Gasteiger charge is 2.36. The number of hydrogen-bond acceptors (Lipinski definition) is 7. The lowest BCUT2D eigenvalue weighted by Gasteiger charge is -2.32. The fourth-order valence-corrected chi connectivity index (χ4v) is 4.82. The summed E-state index contributed by atoms with van der Waals surface area (Å²) in [6.07, 6.45) is 2.20. The molecule has 8 nitrogen and oxygen atoms in total. The molecule has 1 saturated heterocycles. The first-order valence-corrected chi connectivity index (χ1v) is 12.1. The maximum absolute atomic E-state index is 13.6. The Labute approximate surface area is 206 Å². The molecule has 2 aromatic rings. The standard InChI is InChI=1S/C27H33N3O5/c1-4-35-27(32)20-10-8-14-29(17-20)18-26(31)30-24(22-12-5-6-13-25(22)34-3)16-23(28-30)19-9-7-11-21(15-19)33-2/h5-7,9,11-13,15,20,24H,4,8,10,14,16-18H2,1-3H3. The lowest BCUT2D eigenvalue weighted by atomic mass is 9.97. The second kappa shape index (κ2) is 11.4. The molecule has 186 valence electrons. The monoisotopic (exact) mass is 479 g/mol. The van der Waals surface area contributed by atoms with Gasteiger partial charge in [-0.15, -0.1) is 0 Å². The van der Waals surface area contributed by atoms with Crippen LogP contribution in [0.1, 0.15) is 43.4 Å². The molecule has 0 aromatic heterocycles. The number of hydrazone groups is 1. The van der Waals surface area contributed by atoms with E-state index in [-0.39, 0.29) is 30.4 Å². The van der Waals surface area contributed by atoms with Crippen molar-refractivity contribution in [1.29, 1.82) is 0 Å². The zero-order chi connectivity index (χ0) is 24.8. The molecule has 0 aliphatic carbocycles. The largest absolute Gasteiger partial charge is 0.497 e. The zero-order valence-electron chi connectivity index (χ0n) is 20.6. The summed E-state index contributed by atoms with van der Waals surface area (Å²) in [5, 5.41) is 6.37. The second-order valence-electron chi connectivity index (χ2n) is 8.81. The molecule has 1 fully saturated rings. The van der Waals surface area contributed by atoms with E-state index >= 15 is 0 Å². The van der Waals surface area contributed by atoms with Crippen LogP contribution in [-0.4, -0.2) is 68.0 Å². The first kappa shape index (κ1) is 24.7. The van der Waals surface area contributed by atoms with Gasteiger partial charge in [0.15, 0.2) is 0 Å². The third-order valence-corrected chi connectivity index (χ3v) is 6.55. The number of hydrogen-bond donors (Lipinski definition) is 0. The summed E-state index contributed by atoms with van der Waals surface area (Å²) < 4.78 is 16.2. The average Bonchev–Trinajstić information content (AvgIpc) is 3.34. The van der Waals surface area contributed by atoms with E-state index in [9.17, 15) is 9.59 Å². The van der Waals surface area contributed by atoms with Crippen molar-refractivity contribution in [3.63, 3.8) is 0 Å². The van der Waals surface area contributed by atoms with E-state index in [0.717, 1.165) is 47.7 Å². The Balaban J connectivity index is 1.58. The van der Waals surface area contributed by atoms with Gasteiger partial charge in [-0.05, 0) is 44.5 Å². The first-order valence-electron chi connectivity index (χ1n) is 12.1. The predicted molar refractivity (Wildman–Crippen MR) is 133 cm³/mol. The summed E-state index contributed by atoms with van der Waals surface area (Å²) in [4.78, 5) is 27.9. The highest BCUT2D eigenvalue weighted by atomic mass is 16.5. The smallest absolute Gasteiger partial charge is 0.310 e. The molecule has 0 spiro atoms. The number of nitrogens with zero attached hydrogens (tertiary/aromatic N) is 3. The minimum atomic E-state index is -0.287. The van der Waals surface area contributed by atoms with Crippen LogP contribution in [0, 0.1) is 5.92 Å². The van der Waals surface area contributed by atoms with Crippen LogP contribution in [-0.2, 0) is 14.3 Å². The highest BCUT2D eigenvalue weighted by Crippen LogP contribution is 2.38. The van der Waals surface area contributed by atoms with Crippen LogP contribution in [0.25, 0.3) is 0 Å². The minimum Gasteiger partial charge on any atom is -0.497 e. The van der Waals surface area contributed by atoms with Gasteiger partial charge in [0.25, 0.3) is 5.91 Å². The van der Waals surface area contributed by atoms with E-state index < -0.39 is 0 Å². The van der Waals surface area contributed by atoms with Gasteiger partial charge in [-0.2, -0.15) is 5.10 Å². The molecule has 0 radical (unpaired) electrons.